The Balaban J connectivity index is 1.87. The lowest BCUT2D eigenvalue weighted by Crippen LogP contribution is -2.46. The van der Waals surface area contributed by atoms with Crippen molar-refractivity contribution in [3.8, 4) is 11.5 Å². The summed E-state index contributed by atoms with van der Waals surface area (Å²) in [6, 6.07) is 8.60. The van der Waals surface area contributed by atoms with Gasteiger partial charge in [-0.25, -0.2) is 0 Å². The van der Waals surface area contributed by atoms with Gasteiger partial charge < -0.3 is 24.6 Å². The van der Waals surface area contributed by atoms with Crippen LogP contribution in [-0.4, -0.2) is 62.9 Å². The Hall–Kier alpha value is -1.83. The third-order valence-electron chi connectivity index (χ3n) is 5.01. The summed E-state index contributed by atoms with van der Waals surface area (Å²) in [5.74, 6) is 1.54. The van der Waals surface area contributed by atoms with Gasteiger partial charge in [0.05, 0.1) is 20.3 Å². The fourth-order valence-corrected chi connectivity index (χ4v) is 4.76. The molecule has 1 aliphatic heterocycles. The Bertz CT molecular complexity index is 793. The average molecular weight is 420 g/mol. The summed E-state index contributed by atoms with van der Waals surface area (Å²) < 4.78 is 11.1. The van der Waals surface area contributed by atoms with Crippen LogP contribution < -0.4 is 14.8 Å². The number of rotatable bonds is 7. The molecule has 0 radical (unpaired) electrons. The number of hydrogen-bond donors (Lipinski definition) is 1. The van der Waals surface area contributed by atoms with E-state index in [0.717, 1.165) is 49.1 Å². The molecule has 1 aromatic heterocycles. The third-order valence-corrected chi connectivity index (χ3v) is 6.31. The molecule has 0 fully saturated rings. The van der Waals surface area contributed by atoms with Gasteiger partial charge in [-0.2, -0.15) is 0 Å². The number of ether oxygens (including phenoxy) is 2. The van der Waals surface area contributed by atoms with Crippen molar-refractivity contribution in [1.29, 1.82) is 0 Å². The molecule has 1 aromatic carbocycles. The number of hydrogen-bond acceptors (Lipinski definition) is 5. The SMILES string of the molecule is COc1cc2c(cc1OC)C(c1cccs1)N(C(=S)NCCCN(C)C)CC2. The van der Waals surface area contributed by atoms with Crippen LogP contribution in [0.4, 0.5) is 0 Å². The molecular formula is C21H29N3O2S2. The van der Waals surface area contributed by atoms with E-state index < -0.39 is 0 Å². The van der Waals surface area contributed by atoms with Gasteiger partial charge in [0.2, 0.25) is 0 Å². The molecular weight excluding hydrogens is 390 g/mol. The van der Waals surface area contributed by atoms with E-state index in [4.69, 9.17) is 21.7 Å². The zero-order valence-electron chi connectivity index (χ0n) is 17.0. The summed E-state index contributed by atoms with van der Waals surface area (Å²) in [6.45, 7) is 2.80. The summed E-state index contributed by atoms with van der Waals surface area (Å²) in [5, 5.41) is 6.40. The highest BCUT2D eigenvalue weighted by atomic mass is 32.1. The Morgan fingerprint density at radius 1 is 1.29 bits per heavy atom. The van der Waals surface area contributed by atoms with E-state index in [0.29, 0.717) is 0 Å². The van der Waals surface area contributed by atoms with Gasteiger partial charge in [-0.15, -0.1) is 11.3 Å². The number of methoxy groups -OCH3 is 2. The second kappa shape index (κ2) is 9.58. The minimum atomic E-state index is 0.0948. The molecule has 1 N–H and O–H groups in total. The van der Waals surface area contributed by atoms with Crippen LogP contribution in [0.1, 0.15) is 28.5 Å². The van der Waals surface area contributed by atoms with Crippen LogP contribution in [0.25, 0.3) is 0 Å². The monoisotopic (exact) mass is 419 g/mol. The lowest BCUT2D eigenvalue weighted by molar-refractivity contribution is 0.325. The van der Waals surface area contributed by atoms with Gasteiger partial charge in [-0.3, -0.25) is 0 Å². The molecule has 0 spiro atoms. The summed E-state index contributed by atoms with van der Waals surface area (Å²) >= 11 is 7.55. The minimum Gasteiger partial charge on any atom is -0.493 e. The lowest BCUT2D eigenvalue weighted by Gasteiger charge is -2.39. The topological polar surface area (TPSA) is 37.0 Å². The largest absolute Gasteiger partial charge is 0.493 e. The van der Waals surface area contributed by atoms with Crippen LogP contribution >= 0.6 is 23.6 Å². The Morgan fingerprint density at radius 2 is 2.04 bits per heavy atom. The average Bonchev–Trinajstić information content (AvgIpc) is 3.23. The first-order chi connectivity index (χ1) is 13.5. The number of nitrogens with one attached hydrogen (secondary N) is 1. The van der Waals surface area contributed by atoms with Gasteiger partial charge in [0.1, 0.15) is 0 Å². The highest BCUT2D eigenvalue weighted by Crippen LogP contribution is 2.42. The van der Waals surface area contributed by atoms with Gasteiger partial charge in [0.25, 0.3) is 0 Å². The lowest BCUT2D eigenvalue weighted by atomic mass is 9.91. The first-order valence-corrected chi connectivity index (χ1v) is 10.8. The standard InChI is InChI=1S/C21H29N3O2S2/c1-23(2)10-6-9-22-21(27)24-11-8-15-13-17(25-3)18(26-4)14-16(15)20(24)19-7-5-12-28-19/h5,7,12-14,20H,6,8-11H2,1-4H3,(H,22,27). The van der Waals surface area contributed by atoms with Crippen molar-refractivity contribution in [3.05, 3.63) is 45.6 Å². The molecule has 7 heteroatoms. The van der Waals surface area contributed by atoms with Crippen molar-refractivity contribution in [1.82, 2.24) is 15.1 Å². The predicted octanol–water partition coefficient (Wildman–Crippen LogP) is 3.54. The van der Waals surface area contributed by atoms with E-state index >= 15 is 0 Å². The second-order valence-electron chi connectivity index (χ2n) is 7.16. The van der Waals surface area contributed by atoms with E-state index in [1.54, 1.807) is 25.6 Å². The normalized spacial score (nSPS) is 16.0. The maximum absolute atomic E-state index is 5.79. The summed E-state index contributed by atoms with van der Waals surface area (Å²) in [7, 11) is 7.55. The molecule has 1 aliphatic rings. The van der Waals surface area contributed by atoms with E-state index in [1.165, 1.54) is 16.0 Å². The molecule has 2 aromatic rings. The highest BCUT2D eigenvalue weighted by molar-refractivity contribution is 7.80. The minimum absolute atomic E-state index is 0.0948. The van der Waals surface area contributed by atoms with Crippen LogP contribution in [0.2, 0.25) is 0 Å². The molecule has 0 aliphatic carbocycles. The Morgan fingerprint density at radius 3 is 2.68 bits per heavy atom. The van der Waals surface area contributed by atoms with Gasteiger partial charge in [-0.1, -0.05) is 6.07 Å². The van der Waals surface area contributed by atoms with E-state index in [1.807, 2.05) is 0 Å². The van der Waals surface area contributed by atoms with Crippen molar-refractivity contribution in [3.63, 3.8) is 0 Å². The van der Waals surface area contributed by atoms with Crippen molar-refractivity contribution < 1.29 is 9.47 Å². The van der Waals surface area contributed by atoms with Crippen LogP contribution in [-0.2, 0) is 6.42 Å². The number of thiocarbonyl (C=S) groups is 1. The zero-order valence-corrected chi connectivity index (χ0v) is 18.7. The molecule has 1 unspecified atom stereocenters. The van der Waals surface area contributed by atoms with Crippen molar-refractivity contribution >= 4 is 28.7 Å². The molecule has 1 atom stereocenters. The molecule has 0 saturated carbocycles. The second-order valence-corrected chi connectivity index (χ2v) is 8.52. The Labute approximate surface area is 177 Å². The fraction of sp³-hybridized carbons (Fsp3) is 0.476. The first kappa shape index (κ1) is 20.9. The third kappa shape index (κ3) is 4.59. The molecule has 28 heavy (non-hydrogen) atoms. The van der Waals surface area contributed by atoms with E-state index in [2.05, 4.69) is 58.9 Å². The summed E-state index contributed by atoms with van der Waals surface area (Å²) in [6.07, 6.45) is 1.99. The quantitative estimate of drug-likeness (QED) is 0.547. The number of benzene rings is 1. The molecule has 0 saturated heterocycles. The number of fused-ring (bicyclic) bond motifs is 1. The summed E-state index contributed by atoms with van der Waals surface area (Å²) in [5.41, 5.74) is 2.53. The van der Waals surface area contributed by atoms with E-state index in [9.17, 15) is 0 Å². The number of nitrogens with zero attached hydrogens (tertiary/aromatic N) is 2. The van der Waals surface area contributed by atoms with Crippen LogP contribution in [0, 0.1) is 0 Å². The fourth-order valence-electron chi connectivity index (χ4n) is 3.61. The van der Waals surface area contributed by atoms with E-state index in [-0.39, 0.29) is 6.04 Å². The van der Waals surface area contributed by atoms with Crippen molar-refractivity contribution in [2.45, 2.75) is 18.9 Å². The molecule has 2 heterocycles. The zero-order chi connectivity index (χ0) is 20.1. The molecule has 152 valence electrons. The molecule has 0 amide bonds. The Kier molecular flexibility index (Phi) is 7.15. The maximum Gasteiger partial charge on any atom is 0.169 e. The van der Waals surface area contributed by atoms with Crippen molar-refractivity contribution in [2.24, 2.45) is 0 Å². The van der Waals surface area contributed by atoms with Gasteiger partial charge in [-0.05, 0) is 80.4 Å². The van der Waals surface area contributed by atoms with Gasteiger partial charge >= 0.3 is 0 Å². The predicted molar refractivity (Wildman–Crippen MR) is 120 cm³/mol. The molecule has 3 rings (SSSR count). The van der Waals surface area contributed by atoms with Gasteiger partial charge in [0.15, 0.2) is 16.6 Å². The van der Waals surface area contributed by atoms with Crippen molar-refractivity contribution in [2.75, 3.05) is 47.9 Å². The summed E-state index contributed by atoms with van der Waals surface area (Å²) in [4.78, 5) is 5.78. The smallest absolute Gasteiger partial charge is 0.169 e. The number of thiophene rings is 1. The van der Waals surface area contributed by atoms with Crippen LogP contribution in [0.5, 0.6) is 11.5 Å². The van der Waals surface area contributed by atoms with Gasteiger partial charge in [0, 0.05) is 18.0 Å². The molecule has 5 nitrogen and oxygen atoms in total. The van der Waals surface area contributed by atoms with Crippen LogP contribution in [0.3, 0.4) is 0 Å². The molecule has 0 bridgehead atoms. The highest BCUT2D eigenvalue weighted by Gasteiger charge is 2.32. The maximum atomic E-state index is 5.79. The first-order valence-electron chi connectivity index (χ1n) is 9.52. The van der Waals surface area contributed by atoms with Crippen LogP contribution in [0.15, 0.2) is 29.6 Å².